The van der Waals surface area contributed by atoms with Crippen molar-refractivity contribution < 1.29 is 14.0 Å². The predicted octanol–water partition coefficient (Wildman–Crippen LogP) is 5.43. The molecule has 8 nitrogen and oxygen atoms in total. The van der Waals surface area contributed by atoms with E-state index in [-0.39, 0.29) is 30.8 Å². The lowest BCUT2D eigenvalue weighted by Gasteiger charge is -2.32. The first-order valence-corrected chi connectivity index (χ1v) is 14.9. The quantitative estimate of drug-likeness (QED) is 0.303. The minimum atomic E-state index is -1.11. The van der Waals surface area contributed by atoms with Crippen molar-refractivity contribution in [2.24, 2.45) is 16.6 Å². The molecule has 2 fully saturated rings. The Labute approximate surface area is 247 Å². The first-order valence-electron chi connectivity index (χ1n) is 14.9. The van der Waals surface area contributed by atoms with Crippen LogP contribution in [0.3, 0.4) is 0 Å². The van der Waals surface area contributed by atoms with Crippen LogP contribution in [-0.4, -0.2) is 62.4 Å². The summed E-state index contributed by atoms with van der Waals surface area (Å²) in [6.45, 7) is 3.37. The van der Waals surface area contributed by atoms with E-state index in [1.165, 1.54) is 17.7 Å². The minimum absolute atomic E-state index is 0.0623. The number of fused-ring (bicyclic) bond motifs is 3. The number of hydrogen-bond donors (Lipinski definition) is 1. The Morgan fingerprint density at radius 3 is 2.65 bits per heavy atom. The summed E-state index contributed by atoms with van der Waals surface area (Å²) in [5.41, 5.74) is 14.9. The van der Waals surface area contributed by atoms with E-state index in [0.29, 0.717) is 23.6 Å². The molecule has 9 heteroatoms. The third-order valence-electron chi connectivity index (χ3n) is 9.06. The number of aliphatic imine (C=N–C) groups is 1. The van der Waals surface area contributed by atoms with Gasteiger partial charge in [-0.3, -0.25) is 9.59 Å². The molecule has 2 N–H and O–H groups in total. The lowest BCUT2D eigenvalue weighted by molar-refractivity contribution is 0.0606. The number of likely N-dealkylation sites (tertiary alicyclic amines) is 1. The van der Waals surface area contributed by atoms with Crippen molar-refractivity contribution in [3.8, 4) is 22.5 Å². The molecular formula is C34H31FN6O2. The molecular weight excluding hydrogens is 543 g/mol. The fraction of sp³-hybridized carbons (Fsp3) is 0.294. The highest BCUT2D eigenvalue weighted by Gasteiger charge is 2.30. The smallest absolute Gasteiger partial charge is 0.277 e. The number of rotatable bonds is 5. The third-order valence-corrected chi connectivity index (χ3v) is 9.06. The maximum atomic E-state index is 14.2. The molecule has 5 aromatic rings. The van der Waals surface area contributed by atoms with Gasteiger partial charge >= 0.3 is 0 Å². The number of nitrogens with two attached hydrogens (primary N) is 1. The van der Waals surface area contributed by atoms with E-state index >= 15 is 0 Å². The molecule has 1 saturated carbocycles. The molecule has 3 aromatic heterocycles. The molecule has 43 heavy (non-hydrogen) atoms. The average molecular weight is 575 g/mol. The number of pyridine rings is 1. The summed E-state index contributed by atoms with van der Waals surface area (Å²) in [5.74, 6) is 0.199. The number of hydrogen-bond acceptors (Lipinski definition) is 4. The van der Waals surface area contributed by atoms with Crippen molar-refractivity contribution in [3.05, 3.63) is 83.0 Å². The number of carbonyl (C=O) groups is 2. The van der Waals surface area contributed by atoms with E-state index in [1.807, 2.05) is 24.3 Å². The van der Waals surface area contributed by atoms with Gasteiger partial charge in [-0.25, -0.2) is 13.9 Å². The summed E-state index contributed by atoms with van der Waals surface area (Å²) in [5, 5.41) is 6.11. The molecule has 0 unspecified atom stereocenters. The minimum Gasteiger partial charge on any atom is -0.339 e. The molecule has 2 aliphatic heterocycles. The van der Waals surface area contributed by atoms with Gasteiger partial charge in [0.05, 0.1) is 28.9 Å². The van der Waals surface area contributed by atoms with Gasteiger partial charge < -0.3 is 15.2 Å². The SMILES string of the molecule is Cc1c(-c2cc3ccc(-c4ccc5c(c4)C(=O)N=C5)cc3n2CC2CC2)nn2cc(C(=O)N3C[C@H](N)C[C@@H](F)C3)ccc12. The van der Waals surface area contributed by atoms with Gasteiger partial charge in [-0.1, -0.05) is 24.3 Å². The normalized spacial score (nSPS) is 20.0. The number of carbonyl (C=O) groups excluding carboxylic acids is 2. The standard InChI is InChI=1S/C34H31FN6O2/c1-19-29-9-8-25(34(43)39-17-26(35)13-27(36)18-39)16-41(29)38-32(19)31-12-23-6-4-22(11-30(23)40(31)15-20-2-3-20)21-5-7-24-14-37-33(42)28(24)10-21/h4-12,14,16,20,26-27H,2-3,13,15,17-18,36H2,1H3/t26-,27-/m1/s1. The van der Waals surface area contributed by atoms with Gasteiger partial charge in [-0.15, -0.1) is 0 Å². The highest BCUT2D eigenvalue weighted by molar-refractivity contribution is 6.13. The predicted molar refractivity (Wildman–Crippen MR) is 164 cm³/mol. The van der Waals surface area contributed by atoms with Crippen LogP contribution in [0.15, 0.2) is 65.8 Å². The van der Waals surface area contributed by atoms with Gasteiger partial charge in [0.15, 0.2) is 0 Å². The summed E-state index contributed by atoms with van der Waals surface area (Å²) in [6.07, 6.45) is 4.96. The summed E-state index contributed by atoms with van der Waals surface area (Å²) in [4.78, 5) is 30.9. The zero-order chi connectivity index (χ0) is 29.4. The molecule has 0 bridgehead atoms. The van der Waals surface area contributed by atoms with Crippen LogP contribution in [0.2, 0.25) is 0 Å². The Bertz CT molecular complexity index is 1990. The van der Waals surface area contributed by atoms with Gasteiger partial charge in [-0.05, 0) is 73.6 Å². The van der Waals surface area contributed by atoms with E-state index in [1.54, 1.807) is 23.0 Å². The van der Waals surface area contributed by atoms with E-state index in [9.17, 15) is 14.0 Å². The molecule has 216 valence electrons. The largest absolute Gasteiger partial charge is 0.339 e. The number of aromatic nitrogens is 3. The van der Waals surface area contributed by atoms with E-state index in [2.05, 4.69) is 40.7 Å². The number of amides is 2. The van der Waals surface area contributed by atoms with E-state index < -0.39 is 6.17 Å². The number of nitrogens with zero attached hydrogens (tertiary/aromatic N) is 5. The second-order valence-electron chi connectivity index (χ2n) is 12.2. The second-order valence-corrected chi connectivity index (χ2v) is 12.2. The van der Waals surface area contributed by atoms with Crippen molar-refractivity contribution in [2.45, 2.75) is 44.9 Å². The topological polar surface area (TPSA) is 98.0 Å². The number of piperidine rings is 1. The average Bonchev–Trinajstić information content (AvgIpc) is 3.53. The van der Waals surface area contributed by atoms with Crippen LogP contribution in [0.25, 0.3) is 38.9 Å². The molecule has 5 heterocycles. The van der Waals surface area contributed by atoms with E-state index in [0.717, 1.165) is 56.6 Å². The highest BCUT2D eigenvalue weighted by atomic mass is 19.1. The van der Waals surface area contributed by atoms with Gasteiger partial charge in [0, 0.05) is 53.6 Å². The van der Waals surface area contributed by atoms with Crippen molar-refractivity contribution in [1.29, 1.82) is 0 Å². The molecule has 1 aliphatic carbocycles. The second kappa shape index (κ2) is 9.70. The Morgan fingerprint density at radius 1 is 1.02 bits per heavy atom. The molecule has 2 aromatic carbocycles. The van der Waals surface area contributed by atoms with Crippen molar-refractivity contribution >= 4 is 34.4 Å². The zero-order valence-electron chi connectivity index (χ0n) is 23.8. The molecule has 0 radical (unpaired) electrons. The Kier molecular flexibility index (Phi) is 5.88. The maximum Gasteiger partial charge on any atom is 0.277 e. The van der Waals surface area contributed by atoms with Crippen LogP contribution in [-0.2, 0) is 6.54 Å². The van der Waals surface area contributed by atoms with Crippen LogP contribution in [0, 0.1) is 12.8 Å². The van der Waals surface area contributed by atoms with Gasteiger partial charge in [-0.2, -0.15) is 5.10 Å². The molecule has 2 atom stereocenters. The fourth-order valence-electron chi connectivity index (χ4n) is 6.58. The first-order chi connectivity index (χ1) is 20.8. The summed E-state index contributed by atoms with van der Waals surface area (Å²) >= 11 is 0. The number of aryl methyl sites for hydroxylation is 1. The number of halogens is 1. The maximum absolute atomic E-state index is 14.2. The van der Waals surface area contributed by atoms with Crippen molar-refractivity contribution in [3.63, 3.8) is 0 Å². The Morgan fingerprint density at radius 2 is 1.84 bits per heavy atom. The van der Waals surface area contributed by atoms with Crippen LogP contribution < -0.4 is 5.73 Å². The monoisotopic (exact) mass is 574 g/mol. The van der Waals surface area contributed by atoms with Crippen LogP contribution in [0.4, 0.5) is 4.39 Å². The molecule has 1 saturated heterocycles. The Balaban J connectivity index is 1.19. The lowest BCUT2D eigenvalue weighted by atomic mass is 9.99. The zero-order valence-corrected chi connectivity index (χ0v) is 23.8. The lowest BCUT2D eigenvalue weighted by Crippen LogP contribution is -2.50. The highest BCUT2D eigenvalue weighted by Crippen LogP contribution is 2.38. The van der Waals surface area contributed by atoms with Gasteiger partial charge in [0.25, 0.3) is 11.8 Å². The summed E-state index contributed by atoms with van der Waals surface area (Å²) < 4.78 is 18.3. The molecule has 2 amide bonds. The number of alkyl halides is 1. The van der Waals surface area contributed by atoms with Gasteiger partial charge in [0.2, 0.25) is 0 Å². The number of benzene rings is 2. The fourth-order valence-corrected chi connectivity index (χ4v) is 6.58. The van der Waals surface area contributed by atoms with Gasteiger partial charge in [0.1, 0.15) is 11.9 Å². The third kappa shape index (κ3) is 4.46. The molecule has 3 aliphatic rings. The van der Waals surface area contributed by atoms with E-state index in [4.69, 9.17) is 10.8 Å². The van der Waals surface area contributed by atoms with Crippen LogP contribution in [0.5, 0.6) is 0 Å². The van der Waals surface area contributed by atoms with Crippen LogP contribution >= 0.6 is 0 Å². The summed E-state index contributed by atoms with van der Waals surface area (Å²) in [7, 11) is 0. The summed E-state index contributed by atoms with van der Waals surface area (Å²) in [6, 6.07) is 17.9. The first kappa shape index (κ1) is 26.0. The molecule has 0 spiro atoms. The van der Waals surface area contributed by atoms with Crippen molar-refractivity contribution in [1.82, 2.24) is 19.1 Å². The van der Waals surface area contributed by atoms with Crippen molar-refractivity contribution in [2.75, 3.05) is 13.1 Å². The Hall–Kier alpha value is -4.63. The van der Waals surface area contributed by atoms with Crippen LogP contribution in [0.1, 0.15) is 51.1 Å². The molecule has 8 rings (SSSR count).